The van der Waals surface area contributed by atoms with Crippen molar-refractivity contribution in [3.63, 3.8) is 0 Å². The first-order valence-corrected chi connectivity index (χ1v) is 14.1. The number of aliphatic hydroxyl groups is 1. The Balaban J connectivity index is 1.26. The number of nitrogens with two attached hydrogens (primary N) is 1. The molecule has 2 atom stereocenters. The van der Waals surface area contributed by atoms with Crippen LogP contribution in [0.1, 0.15) is 55.8 Å². The van der Waals surface area contributed by atoms with Gasteiger partial charge in [0.1, 0.15) is 6.04 Å². The number of pyridine rings is 1. The fraction of sp³-hybridized carbons (Fsp3) is 0.567. The maximum Gasteiger partial charge on any atom is 0.395 e. The number of likely N-dealkylation sites (tertiary alicyclic amines) is 1. The van der Waals surface area contributed by atoms with Crippen LogP contribution in [-0.2, 0) is 4.79 Å². The first-order chi connectivity index (χ1) is 19.4. The molecule has 2 heterocycles. The molecule has 1 aromatic heterocycles. The van der Waals surface area contributed by atoms with Crippen molar-refractivity contribution in [2.75, 3.05) is 33.3 Å². The fourth-order valence-corrected chi connectivity index (χ4v) is 5.65. The molecule has 0 unspecified atom stereocenters. The molecule has 1 aliphatic heterocycles. The second-order valence-corrected chi connectivity index (χ2v) is 11.5. The molecule has 2 aliphatic rings. The number of hydrogen-bond donors (Lipinski definition) is 2. The first kappa shape index (κ1) is 30.8. The van der Waals surface area contributed by atoms with Crippen LogP contribution in [0.2, 0.25) is 0 Å². The SMILES string of the molecule is C[C@H](O)C[C@@H](C(N)=O)N(C)C(=O)c1ccc(-c2ccc(OCC3CCN(CC4(C(F)(F)F)CCC4)CC3)nc2)cc1. The summed E-state index contributed by atoms with van der Waals surface area (Å²) in [5, 5.41) is 9.64. The van der Waals surface area contributed by atoms with E-state index in [-0.39, 0.29) is 37.6 Å². The summed E-state index contributed by atoms with van der Waals surface area (Å²) in [5.74, 6) is -0.309. The van der Waals surface area contributed by atoms with Gasteiger partial charge in [-0.2, -0.15) is 13.2 Å². The van der Waals surface area contributed by atoms with Crippen molar-refractivity contribution in [3.05, 3.63) is 48.2 Å². The van der Waals surface area contributed by atoms with Crippen LogP contribution in [0.15, 0.2) is 42.6 Å². The van der Waals surface area contributed by atoms with Gasteiger partial charge in [-0.3, -0.25) is 9.59 Å². The Morgan fingerprint density at radius 2 is 1.78 bits per heavy atom. The van der Waals surface area contributed by atoms with E-state index in [0.717, 1.165) is 24.0 Å². The van der Waals surface area contributed by atoms with Crippen molar-refractivity contribution in [3.8, 4) is 17.0 Å². The van der Waals surface area contributed by atoms with Crippen molar-refractivity contribution in [2.45, 2.75) is 63.8 Å². The van der Waals surface area contributed by atoms with Crippen LogP contribution >= 0.6 is 0 Å². The smallest absolute Gasteiger partial charge is 0.395 e. The molecule has 224 valence electrons. The van der Waals surface area contributed by atoms with Gasteiger partial charge in [-0.15, -0.1) is 0 Å². The van der Waals surface area contributed by atoms with E-state index in [4.69, 9.17) is 10.5 Å². The van der Waals surface area contributed by atoms with Crippen molar-refractivity contribution >= 4 is 11.8 Å². The van der Waals surface area contributed by atoms with Gasteiger partial charge in [-0.25, -0.2) is 4.98 Å². The molecule has 1 saturated carbocycles. The van der Waals surface area contributed by atoms with Crippen molar-refractivity contribution in [2.24, 2.45) is 17.1 Å². The number of primary amides is 1. The third-order valence-corrected chi connectivity index (χ3v) is 8.49. The lowest BCUT2D eigenvalue weighted by Gasteiger charge is -2.47. The van der Waals surface area contributed by atoms with Gasteiger partial charge in [0.05, 0.1) is 18.1 Å². The maximum atomic E-state index is 13.5. The fourth-order valence-electron chi connectivity index (χ4n) is 5.65. The van der Waals surface area contributed by atoms with E-state index in [0.29, 0.717) is 37.6 Å². The summed E-state index contributed by atoms with van der Waals surface area (Å²) in [5.41, 5.74) is 5.97. The number of rotatable bonds is 11. The average molecular weight is 577 g/mol. The summed E-state index contributed by atoms with van der Waals surface area (Å²) in [6, 6.07) is 9.61. The lowest BCUT2D eigenvalue weighted by atomic mass is 9.67. The highest BCUT2D eigenvalue weighted by atomic mass is 19.4. The van der Waals surface area contributed by atoms with E-state index in [1.165, 1.54) is 18.9 Å². The minimum absolute atomic E-state index is 0.0531. The number of carbonyl (C=O) groups is 2. The first-order valence-electron chi connectivity index (χ1n) is 14.1. The van der Waals surface area contributed by atoms with Crippen LogP contribution in [0.4, 0.5) is 13.2 Å². The zero-order chi connectivity index (χ0) is 29.8. The molecule has 0 spiro atoms. The van der Waals surface area contributed by atoms with Gasteiger partial charge in [0.2, 0.25) is 11.8 Å². The van der Waals surface area contributed by atoms with E-state index in [1.54, 1.807) is 36.5 Å². The van der Waals surface area contributed by atoms with Crippen LogP contribution in [0, 0.1) is 11.3 Å². The zero-order valence-electron chi connectivity index (χ0n) is 23.6. The van der Waals surface area contributed by atoms with E-state index >= 15 is 0 Å². The Hall–Kier alpha value is -3.18. The normalized spacial score (nSPS) is 19.2. The molecule has 2 aromatic rings. The molecule has 0 bridgehead atoms. The number of benzene rings is 1. The van der Waals surface area contributed by atoms with E-state index in [9.17, 15) is 27.9 Å². The molecule has 8 nitrogen and oxygen atoms in total. The number of amides is 2. The van der Waals surface area contributed by atoms with Crippen molar-refractivity contribution < 1.29 is 32.6 Å². The van der Waals surface area contributed by atoms with E-state index < -0.39 is 29.6 Å². The van der Waals surface area contributed by atoms with Gasteiger partial charge in [0.15, 0.2) is 0 Å². The largest absolute Gasteiger partial charge is 0.477 e. The number of aromatic nitrogens is 1. The molecule has 41 heavy (non-hydrogen) atoms. The lowest BCUT2D eigenvalue weighted by molar-refractivity contribution is -0.256. The Morgan fingerprint density at radius 3 is 2.27 bits per heavy atom. The van der Waals surface area contributed by atoms with Crippen LogP contribution in [-0.4, -0.2) is 83.3 Å². The van der Waals surface area contributed by atoms with Crippen molar-refractivity contribution in [1.29, 1.82) is 0 Å². The minimum Gasteiger partial charge on any atom is -0.477 e. The summed E-state index contributed by atoms with van der Waals surface area (Å²) < 4.78 is 46.4. The summed E-state index contributed by atoms with van der Waals surface area (Å²) >= 11 is 0. The van der Waals surface area contributed by atoms with Crippen LogP contribution in [0.25, 0.3) is 11.1 Å². The van der Waals surface area contributed by atoms with Gasteiger partial charge < -0.3 is 25.4 Å². The van der Waals surface area contributed by atoms with E-state index in [1.807, 2.05) is 11.0 Å². The van der Waals surface area contributed by atoms with Gasteiger partial charge in [0, 0.05) is 43.4 Å². The number of likely N-dealkylation sites (N-methyl/N-ethyl adjacent to an activating group) is 1. The number of aliphatic hydroxyl groups excluding tert-OH is 1. The molecular formula is C30H39F3N4O4. The molecule has 11 heteroatoms. The number of alkyl halides is 3. The highest BCUT2D eigenvalue weighted by Gasteiger charge is 2.58. The van der Waals surface area contributed by atoms with Gasteiger partial charge in [-0.1, -0.05) is 18.6 Å². The summed E-state index contributed by atoms with van der Waals surface area (Å²) in [4.78, 5) is 32.2. The summed E-state index contributed by atoms with van der Waals surface area (Å²) in [6.45, 7) is 3.41. The van der Waals surface area contributed by atoms with E-state index in [2.05, 4.69) is 4.98 Å². The molecular weight excluding hydrogens is 537 g/mol. The molecule has 1 saturated heterocycles. The summed E-state index contributed by atoms with van der Waals surface area (Å²) in [6.07, 6.45) is -0.451. The Kier molecular flexibility index (Phi) is 9.59. The highest BCUT2D eigenvalue weighted by Crippen LogP contribution is 2.53. The quantitative estimate of drug-likeness (QED) is 0.414. The number of halogens is 3. The molecule has 2 fully saturated rings. The van der Waals surface area contributed by atoms with Gasteiger partial charge >= 0.3 is 6.18 Å². The summed E-state index contributed by atoms with van der Waals surface area (Å²) in [7, 11) is 1.48. The van der Waals surface area contributed by atoms with Gasteiger partial charge in [-0.05, 0) is 75.4 Å². The molecule has 4 rings (SSSR count). The highest BCUT2D eigenvalue weighted by molar-refractivity contribution is 5.97. The number of ether oxygens (including phenoxy) is 1. The standard InChI is InChI=1S/C30H39F3N4O4/c1-20(38)16-25(27(34)39)36(2)28(40)23-6-4-22(5-7-23)24-8-9-26(35-17-24)41-18-21-10-14-37(15-11-21)19-29(12-3-13-29)30(31,32)33/h4-9,17,20-21,25,38H,3,10-16,18-19H2,1-2H3,(H2,34,39)/t20-,25-/m0/s1. The Morgan fingerprint density at radius 1 is 1.15 bits per heavy atom. The van der Waals surface area contributed by atoms with Crippen LogP contribution in [0.3, 0.4) is 0 Å². The van der Waals surface area contributed by atoms with Crippen LogP contribution in [0.5, 0.6) is 5.88 Å². The number of hydrogen-bond acceptors (Lipinski definition) is 6. The topological polar surface area (TPSA) is 109 Å². The second kappa shape index (κ2) is 12.8. The average Bonchev–Trinajstić information content (AvgIpc) is 2.92. The monoisotopic (exact) mass is 576 g/mol. The Labute approximate surface area is 238 Å². The predicted molar refractivity (Wildman–Crippen MR) is 148 cm³/mol. The third kappa shape index (κ3) is 7.37. The maximum absolute atomic E-state index is 13.5. The minimum atomic E-state index is -4.13. The number of piperidine rings is 1. The van der Waals surface area contributed by atoms with Crippen LogP contribution < -0.4 is 10.5 Å². The lowest BCUT2D eigenvalue weighted by Crippen LogP contribution is -2.53. The van der Waals surface area contributed by atoms with Crippen molar-refractivity contribution in [1.82, 2.24) is 14.8 Å². The number of nitrogens with zero attached hydrogens (tertiary/aromatic N) is 3. The Bertz CT molecular complexity index is 1180. The molecule has 1 aliphatic carbocycles. The number of carbonyl (C=O) groups excluding carboxylic acids is 2. The molecule has 3 N–H and O–H groups in total. The molecule has 0 radical (unpaired) electrons. The zero-order valence-corrected chi connectivity index (χ0v) is 23.6. The second-order valence-electron chi connectivity index (χ2n) is 11.5. The van der Waals surface area contributed by atoms with Gasteiger partial charge in [0.25, 0.3) is 5.91 Å². The molecule has 1 aromatic carbocycles. The third-order valence-electron chi connectivity index (χ3n) is 8.49. The predicted octanol–water partition coefficient (Wildman–Crippen LogP) is 4.27. The molecule has 2 amide bonds.